The maximum atomic E-state index is 11.7. The van der Waals surface area contributed by atoms with Gasteiger partial charge >= 0.3 is 5.97 Å². The number of rotatable bonds is 8. The minimum absolute atomic E-state index is 0.362. The zero-order chi connectivity index (χ0) is 18.4. The van der Waals surface area contributed by atoms with E-state index < -0.39 is 12.0 Å². The van der Waals surface area contributed by atoms with E-state index in [1.165, 1.54) is 6.20 Å². The van der Waals surface area contributed by atoms with Crippen LogP contribution in [0, 0.1) is 0 Å². The summed E-state index contributed by atoms with van der Waals surface area (Å²) in [5.41, 5.74) is 7.20. The van der Waals surface area contributed by atoms with Gasteiger partial charge in [-0.05, 0) is 42.8 Å². The number of hydrogen-bond donors (Lipinski definition) is 2. The highest BCUT2D eigenvalue weighted by atomic mass is 16.5. The molecule has 1 aromatic carbocycles. The first-order valence-corrected chi connectivity index (χ1v) is 7.81. The summed E-state index contributed by atoms with van der Waals surface area (Å²) in [6.45, 7) is 0.552. The van der Waals surface area contributed by atoms with E-state index in [1.54, 1.807) is 38.3 Å². The normalized spacial score (nSPS) is 12.0. The summed E-state index contributed by atoms with van der Waals surface area (Å²) >= 11 is 0. The zero-order valence-corrected chi connectivity index (χ0v) is 14.6. The Balaban J connectivity index is 2.10. The summed E-state index contributed by atoms with van der Waals surface area (Å²) in [5.74, 6) is 0.749. The minimum atomic E-state index is -0.929. The molecule has 1 atom stereocenters. The third-order valence-electron chi connectivity index (χ3n) is 4.00. The Kier molecular flexibility index (Phi) is 6.19. The highest BCUT2D eigenvalue weighted by Gasteiger charge is 2.24. The molecule has 3 N–H and O–H groups in total. The first kappa shape index (κ1) is 18.5. The number of carboxylic acids is 1. The number of aromatic nitrogens is 1. The van der Waals surface area contributed by atoms with Gasteiger partial charge in [-0.1, -0.05) is 12.1 Å². The van der Waals surface area contributed by atoms with Crippen LogP contribution in [0.5, 0.6) is 11.5 Å². The van der Waals surface area contributed by atoms with Crippen molar-refractivity contribution in [1.82, 2.24) is 9.88 Å². The number of nitrogens with two attached hydrogens (primary N) is 1. The third-order valence-corrected chi connectivity index (χ3v) is 4.00. The van der Waals surface area contributed by atoms with E-state index in [-0.39, 0.29) is 0 Å². The lowest BCUT2D eigenvalue weighted by molar-refractivity contribution is -0.143. The number of anilines is 1. The summed E-state index contributed by atoms with van der Waals surface area (Å²) in [6.07, 6.45) is 2.17. The monoisotopic (exact) mass is 345 g/mol. The zero-order valence-electron chi connectivity index (χ0n) is 14.6. The number of benzene rings is 1. The maximum absolute atomic E-state index is 11.7. The van der Waals surface area contributed by atoms with Crippen LogP contribution in [0.25, 0.3) is 0 Å². The minimum Gasteiger partial charge on any atom is -0.493 e. The molecule has 0 saturated heterocycles. The van der Waals surface area contributed by atoms with E-state index in [0.717, 1.165) is 5.56 Å². The van der Waals surface area contributed by atoms with Crippen molar-refractivity contribution >= 4 is 11.8 Å². The molecule has 25 heavy (non-hydrogen) atoms. The Morgan fingerprint density at radius 3 is 2.52 bits per heavy atom. The average molecular weight is 345 g/mol. The fraction of sp³-hybridized carbons (Fsp3) is 0.333. The van der Waals surface area contributed by atoms with E-state index in [2.05, 4.69) is 4.98 Å². The van der Waals surface area contributed by atoms with Gasteiger partial charge in [-0.2, -0.15) is 0 Å². The Bertz CT molecular complexity index is 719. The van der Waals surface area contributed by atoms with E-state index in [0.29, 0.717) is 35.8 Å². The molecule has 7 heteroatoms. The Morgan fingerprint density at radius 1 is 1.24 bits per heavy atom. The summed E-state index contributed by atoms with van der Waals surface area (Å²) in [5, 5.41) is 9.58. The molecule has 7 nitrogen and oxygen atoms in total. The molecule has 2 rings (SSSR count). The Labute approximate surface area is 147 Å². The van der Waals surface area contributed by atoms with E-state index in [1.807, 2.05) is 18.2 Å². The topological polar surface area (TPSA) is 97.9 Å². The molecule has 0 bridgehead atoms. The van der Waals surface area contributed by atoms with E-state index in [4.69, 9.17) is 15.2 Å². The van der Waals surface area contributed by atoms with Gasteiger partial charge in [-0.25, -0.2) is 4.98 Å². The largest absolute Gasteiger partial charge is 0.493 e. The second-order valence-electron chi connectivity index (χ2n) is 5.68. The van der Waals surface area contributed by atoms with Crippen molar-refractivity contribution in [2.24, 2.45) is 0 Å². The van der Waals surface area contributed by atoms with Gasteiger partial charge in [0.2, 0.25) is 0 Å². The number of likely N-dealkylation sites (N-methyl/N-ethyl adjacent to an activating group) is 1. The summed E-state index contributed by atoms with van der Waals surface area (Å²) in [7, 11) is 4.95. The van der Waals surface area contributed by atoms with Crippen molar-refractivity contribution in [3.8, 4) is 11.5 Å². The number of carboxylic acid groups (broad SMARTS) is 1. The van der Waals surface area contributed by atoms with Crippen molar-refractivity contribution in [2.45, 2.75) is 12.5 Å². The van der Waals surface area contributed by atoms with Crippen LogP contribution in [0.4, 0.5) is 5.82 Å². The molecule has 1 heterocycles. The molecule has 0 saturated carbocycles. The Morgan fingerprint density at radius 2 is 1.96 bits per heavy atom. The van der Waals surface area contributed by atoms with Gasteiger partial charge in [0.05, 0.1) is 14.2 Å². The van der Waals surface area contributed by atoms with Gasteiger partial charge in [0.25, 0.3) is 0 Å². The predicted molar refractivity (Wildman–Crippen MR) is 94.9 cm³/mol. The molecule has 0 aliphatic carbocycles. The first-order chi connectivity index (χ1) is 12.0. The highest BCUT2D eigenvalue weighted by Crippen LogP contribution is 2.28. The van der Waals surface area contributed by atoms with Gasteiger partial charge in [0, 0.05) is 12.7 Å². The number of ether oxygens (including phenoxy) is 2. The van der Waals surface area contributed by atoms with Crippen molar-refractivity contribution in [3.63, 3.8) is 0 Å². The van der Waals surface area contributed by atoms with Crippen LogP contribution in [0.2, 0.25) is 0 Å². The van der Waals surface area contributed by atoms with Crippen LogP contribution < -0.4 is 15.2 Å². The number of pyridine rings is 1. The second kappa shape index (κ2) is 8.34. The number of hydrogen-bond acceptors (Lipinski definition) is 6. The molecule has 2 aromatic rings. The predicted octanol–water partition coefficient (Wildman–Crippen LogP) is 1.98. The third kappa shape index (κ3) is 4.60. The van der Waals surface area contributed by atoms with Gasteiger partial charge in [0.1, 0.15) is 11.9 Å². The van der Waals surface area contributed by atoms with Crippen molar-refractivity contribution in [3.05, 3.63) is 47.7 Å². The van der Waals surface area contributed by atoms with Gasteiger partial charge in [0.15, 0.2) is 11.5 Å². The van der Waals surface area contributed by atoms with E-state index in [9.17, 15) is 9.90 Å². The summed E-state index contributed by atoms with van der Waals surface area (Å²) in [4.78, 5) is 17.4. The molecule has 0 aliphatic heterocycles. The number of carbonyl (C=O) groups is 1. The molecule has 1 aromatic heterocycles. The first-order valence-electron chi connectivity index (χ1n) is 7.81. The number of nitrogens with zero attached hydrogens (tertiary/aromatic N) is 2. The quantitative estimate of drug-likeness (QED) is 0.755. The fourth-order valence-corrected chi connectivity index (χ4v) is 2.63. The summed E-state index contributed by atoms with van der Waals surface area (Å²) in [6, 6.07) is 8.19. The number of aliphatic carboxylic acids is 1. The van der Waals surface area contributed by atoms with Crippen LogP contribution in [-0.2, 0) is 11.2 Å². The lowest BCUT2D eigenvalue weighted by Crippen LogP contribution is -2.32. The number of nitrogen functional groups attached to an aromatic ring is 1. The van der Waals surface area contributed by atoms with E-state index >= 15 is 0 Å². The van der Waals surface area contributed by atoms with Crippen LogP contribution in [0.1, 0.15) is 17.2 Å². The van der Waals surface area contributed by atoms with Crippen LogP contribution in [0.3, 0.4) is 0 Å². The Hall–Kier alpha value is -2.80. The van der Waals surface area contributed by atoms with Gasteiger partial charge in [-0.15, -0.1) is 0 Å². The SMILES string of the molecule is COc1ccc(CCN(C)[C@@H](C(=O)O)c2ccc(N)nc2)cc1OC. The molecule has 0 fully saturated rings. The van der Waals surface area contributed by atoms with Gasteiger partial charge < -0.3 is 20.3 Å². The summed E-state index contributed by atoms with van der Waals surface area (Å²) < 4.78 is 10.5. The lowest BCUT2D eigenvalue weighted by atomic mass is 10.1. The molecule has 0 unspecified atom stereocenters. The maximum Gasteiger partial charge on any atom is 0.325 e. The van der Waals surface area contributed by atoms with Crippen molar-refractivity contribution in [1.29, 1.82) is 0 Å². The van der Waals surface area contributed by atoms with Crippen LogP contribution in [-0.4, -0.2) is 48.8 Å². The molecular weight excluding hydrogens is 322 g/mol. The molecule has 0 spiro atoms. The molecule has 0 aliphatic rings. The molecule has 0 amide bonds. The number of methoxy groups -OCH3 is 2. The standard InChI is InChI=1S/C18H23N3O4/c1-21(17(18(22)23)13-5-7-16(19)20-11-13)9-8-12-4-6-14(24-2)15(10-12)25-3/h4-7,10-11,17H,8-9H2,1-3H3,(H2,19,20)(H,22,23)/t17-/m1/s1. The second-order valence-corrected chi connectivity index (χ2v) is 5.68. The van der Waals surface area contributed by atoms with Gasteiger partial charge in [-0.3, -0.25) is 9.69 Å². The average Bonchev–Trinajstić information content (AvgIpc) is 2.61. The molecular formula is C18H23N3O4. The smallest absolute Gasteiger partial charge is 0.325 e. The van der Waals surface area contributed by atoms with Crippen molar-refractivity contribution < 1.29 is 19.4 Å². The fourth-order valence-electron chi connectivity index (χ4n) is 2.63. The van der Waals surface area contributed by atoms with Crippen LogP contribution in [0.15, 0.2) is 36.5 Å². The molecule has 0 radical (unpaired) electrons. The van der Waals surface area contributed by atoms with Crippen LogP contribution >= 0.6 is 0 Å². The lowest BCUT2D eigenvalue weighted by Gasteiger charge is -2.25. The highest BCUT2D eigenvalue weighted by molar-refractivity contribution is 5.75. The molecule has 134 valence electrons. The van der Waals surface area contributed by atoms with Crippen molar-refractivity contribution in [2.75, 3.05) is 33.5 Å².